The van der Waals surface area contributed by atoms with E-state index < -0.39 is 7.14 Å². The number of anilines is 3. The fourth-order valence-electron chi connectivity index (χ4n) is 4.88. The first-order valence-electron chi connectivity index (χ1n) is 14.4. The van der Waals surface area contributed by atoms with Crippen LogP contribution in [0.3, 0.4) is 0 Å². The molecule has 0 aromatic heterocycles. The van der Waals surface area contributed by atoms with Gasteiger partial charge in [0.25, 0.3) is 0 Å². The van der Waals surface area contributed by atoms with Crippen LogP contribution < -0.4 is 15.5 Å². The summed E-state index contributed by atoms with van der Waals surface area (Å²) < 4.78 is 14.3. The molecule has 6 nitrogen and oxygen atoms in total. The van der Waals surface area contributed by atoms with Crippen LogP contribution in [0.1, 0.15) is 11.1 Å². The van der Waals surface area contributed by atoms with Gasteiger partial charge in [0.1, 0.15) is 35.4 Å². The Morgan fingerprint density at radius 3 is 1.47 bits per heavy atom. The molecule has 0 radical (unpaired) electrons. The number of nitrogens with zero attached hydrogens (tertiary/aromatic N) is 5. The van der Waals surface area contributed by atoms with E-state index in [1.807, 2.05) is 144 Å². The van der Waals surface area contributed by atoms with Gasteiger partial charge in [0.15, 0.2) is 0 Å². The Hall–Kier alpha value is -6.87. The molecule has 5 aromatic rings. The lowest BCUT2D eigenvalue weighted by atomic mass is 9.98. The van der Waals surface area contributed by atoms with Crippen molar-refractivity contribution >= 4 is 40.4 Å². The Labute approximate surface area is 274 Å². The Balaban J connectivity index is 1.53. The van der Waals surface area contributed by atoms with E-state index in [-0.39, 0.29) is 16.7 Å². The second kappa shape index (κ2) is 14.7. The highest BCUT2D eigenvalue weighted by molar-refractivity contribution is 7.83. The first-order chi connectivity index (χ1) is 23.0. The minimum atomic E-state index is -3.21. The van der Waals surface area contributed by atoms with E-state index in [0.717, 1.165) is 17.1 Å². The Morgan fingerprint density at radius 2 is 1.00 bits per heavy atom. The van der Waals surface area contributed by atoms with Crippen molar-refractivity contribution in [3.8, 4) is 35.9 Å². The Morgan fingerprint density at radius 1 is 0.553 bits per heavy atom. The summed E-state index contributed by atoms with van der Waals surface area (Å²) in [6.07, 6.45) is 1.25. The molecule has 0 aliphatic carbocycles. The van der Waals surface area contributed by atoms with Crippen LogP contribution in [0.25, 0.3) is 5.57 Å². The van der Waals surface area contributed by atoms with Gasteiger partial charge >= 0.3 is 0 Å². The minimum absolute atomic E-state index is 0.192. The van der Waals surface area contributed by atoms with Crippen LogP contribution in [0.5, 0.6) is 0 Å². The zero-order chi connectivity index (χ0) is 33.1. The molecule has 0 saturated heterocycles. The van der Waals surface area contributed by atoms with E-state index in [0.29, 0.717) is 21.7 Å². The molecule has 0 aliphatic rings. The van der Waals surface area contributed by atoms with Gasteiger partial charge < -0.3 is 4.90 Å². The van der Waals surface area contributed by atoms with Crippen molar-refractivity contribution in [3.63, 3.8) is 0 Å². The zero-order valence-electron chi connectivity index (χ0n) is 24.9. The monoisotopic (exact) mass is 621 g/mol. The maximum atomic E-state index is 14.3. The molecule has 47 heavy (non-hydrogen) atoms. The number of para-hydroxylation sites is 1. The molecule has 0 bridgehead atoms. The lowest BCUT2D eigenvalue weighted by Crippen LogP contribution is -2.14. The smallest absolute Gasteiger partial charge is 0.211 e. The molecule has 0 heterocycles. The van der Waals surface area contributed by atoms with Gasteiger partial charge in [0, 0.05) is 38.8 Å². The number of hydrogen-bond donors (Lipinski definition) is 0. The van der Waals surface area contributed by atoms with E-state index in [9.17, 15) is 25.6 Å². The van der Waals surface area contributed by atoms with Crippen LogP contribution in [0.2, 0.25) is 0 Å². The van der Waals surface area contributed by atoms with Crippen molar-refractivity contribution in [1.82, 2.24) is 0 Å². The fraction of sp³-hybridized carbons (Fsp3) is 0. The van der Waals surface area contributed by atoms with Crippen LogP contribution >= 0.6 is 7.14 Å². The summed E-state index contributed by atoms with van der Waals surface area (Å²) in [7, 11) is -3.21. The maximum absolute atomic E-state index is 14.3. The van der Waals surface area contributed by atoms with Gasteiger partial charge in [-0.05, 0) is 65.8 Å². The van der Waals surface area contributed by atoms with Crippen LogP contribution in [0.4, 0.5) is 17.1 Å². The molecule has 0 atom stereocenters. The number of nitriles is 4. The minimum Gasteiger partial charge on any atom is -0.311 e. The van der Waals surface area contributed by atoms with E-state index in [1.54, 1.807) is 24.3 Å². The molecule has 0 N–H and O–H groups in total. The van der Waals surface area contributed by atoms with Crippen LogP contribution in [-0.4, -0.2) is 0 Å². The molecule has 0 amide bonds. The van der Waals surface area contributed by atoms with Crippen molar-refractivity contribution < 1.29 is 4.57 Å². The van der Waals surface area contributed by atoms with E-state index in [1.165, 1.54) is 6.08 Å². The maximum Gasteiger partial charge on any atom is 0.211 e. The molecule has 0 fully saturated rings. The van der Waals surface area contributed by atoms with Crippen LogP contribution in [-0.2, 0) is 4.57 Å². The van der Waals surface area contributed by atoms with E-state index in [4.69, 9.17) is 0 Å². The Bertz CT molecular complexity index is 2160. The van der Waals surface area contributed by atoms with E-state index >= 15 is 0 Å². The number of allylic oxidation sites excluding steroid dienone is 4. The van der Waals surface area contributed by atoms with Crippen LogP contribution in [0.15, 0.2) is 157 Å². The van der Waals surface area contributed by atoms with Crippen molar-refractivity contribution in [2.45, 2.75) is 0 Å². The molecule has 5 aromatic carbocycles. The highest BCUT2D eigenvalue weighted by Crippen LogP contribution is 2.42. The van der Waals surface area contributed by atoms with Crippen molar-refractivity contribution in [3.05, 3.63) is 168 Å². The molecule has 5 rings (SSSR count). The topological polar surface area (TPSA) is 115 Å². The molecule has 0 unspecified atom stereocenters. The highest BCUT2D eigenvalue weighted by Gasteiger charge is 2.24. The summed E-state index contributed by atoms with van der Waals surface area (Å²) in [4.78, 5) is 2.03. The standard InChI is InChI=1S/C40H24N5OP/c41-27-32(28-42)26-40(34(29-43)30-44)33-18-22-37(23-19-33)45(35-10-4-1-5-11-35)36-20-16-31(17-21-36)24-25-47(46,38-12-6-2-7-13-38)39-14-8-3-9-15-39/h1-23,26H. The SMILES string of the molecule is N#CC(C#N)=CC(=C(C#N)C#N)c1ccc(N(c2ccccc2)c2ccc(C#CP(=O)(c3ccccc3)c3ccccc3)cc2)cc1. The molecule has 7 heteroatoms. The van der Waals surface area contributed by atoms with Gasteiger partial charge in [-0.15, -0.1) is 0 Å². The number of rotatable bonds is 7. The summed E-state index contributed by atoms with van der Waals surface area (Å²) in [6.45, 7) is 0. The molecule has 0 saturated carbocycles. The van der Waals surface area contributed by atoms with Gasteiger partial charge in [0.2, 0.25) is 7.14 Å². The van der Waals surface area contributed by atoms with Crippen molar-refractivity contribution in [2.24, 2.45) is 0 Å². The summed E-state index contributed by atoms with van der Waals surface area (Å²) in [5.41, 5.74) is 6.61. The number of hydrogen-bond acceptors (Lipinski definition) is 6. The number of benzene rings is 5. The first kappa shape index (κ1) is 31.6. The highest BCUT2D eigenvalue weighted by atomic mass is 31.2. The Kier molecular flexibility index (Phi) is 9.89. The third-order valence-corrected chi connectivity index (χ3v) is 9.67. The predicted molar refractivity (Wildman–Crippen MR) is 185 cm³/mol. The third kappa shape index (κ3) is 7.11. The fourth-order valence-corrected chi connectivity index (χ4v) is 6.91. The summed E-state index contributed by atoms with van der Waals surface area (Å²) in [5, 5.41) is 38.9. The average Bonchev–Trinajstić information content (AvgIpc) is 3.14. The second-order valence-corrected chi connectivity index (χ2v) is 12.6. The largest absolute Gasteiger partial charge is 0.311 e. The van der Waals surface area contributed by atoms with E-state index in [2.05, 4.69) is 11.6 Å². The van der Waals surface area contributed by atoms with Gasteiger partial charge in [-0.1, -0.05) is 96.9 Å². The molecular weight excluding hydrogens is 597 g/mol. The van der Waals surface area contributed by atoms with Gasteiger partial charge in [-0.2, -0.15) is 21.0 Å². The van der Waals surface area contributed by atoms with Crippen LogP contribution in [0, 0.1) is 56.9 Å². The van der Waals surface area contributed by atoms with Crippen molar-refractivity contribution in [1.29, 1.82) is 21.0 Å². The lowest BCUT2D eigenvalue weighted by molar-refractivity contribution is 0.593. The molecular formula is C40H24N5OP. The normalized spacial score (nSPS) is 9.96. The molecule has 0 spiro atoms. The lowest BCUT2D eigenvalue weighted by Gasteiger charge is -2.25. The zero-order valence-corrected chi connectivity index (χ0v) is 25.8. The summed E-state index contributed by atoms with van der Waals surface area (Å²) in [5.74, 6) is 3.15. The van der Waals surface area contributed by atoms with Gasteiger partial charge in [0.05, 0.1) is 0 Å². The quantitative estimate of drug-likeness (QED) is 0.0782. The summed E-state index contributed by atoms with van der Waals surface area (Å²) >= 11 is 0. The molecule has 220 valence electrons. The van der Waals surface area contributed by atoms with Gasteiger partial charge in [-0.25, -0.2) is 0 Å². The van der Waals surface area contributed by atoms with Gasteiger partial charge in [-0.3, -0.25) is 4.57 Å². The molecule has 0 aliphatic heterocycles. The third-order valence-electron chi connectivity index (χ3n) is 7.20. The average molecular weight is 622 g/mol. The summed E-state index contributed by atoms with van der Waals surface area (Å²) in [6, 6.07) is 50.4. The van der Waals surface area contributed by atoms with Crippen molar-refractivity contribution in [2.75, 3.05) is 4.90 Å². The second-order valence-electron chi connectivity index (χ2n) is 10.1. The predicted octanol–water partition coefficient (Wildman–Crippen LogP) is 8.25. The first-order valence-corrected chi connectivity index (χ1v) is 16.1.